The number of hydrogen-bond donors (Lipinski definition) is 1. The Kier molecular flexibility index (Phi) is 10.4. The van der Waals surface area contributed by atoms with Crippen molar-refractivity contribution in [3.8, 4) is 0 Å². The molecule has 3 fully saturated rings. The summed E-state index contributed by atoms with van der Waals surface area (Å²) < 4.78 is 6.90. The van der Waals surface area contributed by atoms with Crippen molar-refractivity contribution in [3.63, 3.8) is 0 Å². The Morgan fingerprint density at radius 2 is 1.85 bits per heavy atom. The van der Waals surface area contributed by atoms with Gasteiger partial charge in [0.25, 0.3) is 0 Å². The first-order valence-electron chi connectivity index (χ1n) is 15.0. The van der Waals surface area contributed by atoms with Crippen LogP contribution in [0.5, 0.6) is 0 Å². The lowest BCUT2D eigenvalue weighted by Gasteiger charge is -2.39. The van der Waals surface area contributed by atoms with Crippen molar-refractivity contribution in [1.29, 1.82) is 0 Å². The van der Waals surface area contributed by atoms with Gasteiger partial charge in [0, 0.05) is 38.8 Å². The van der Waals surface area contributed by atoms with E-state index in [1.165, 1.54) is 0 Å². The summed E-state index contributed by atoms with van der Waals surface area (Å²) in [5.74, 6) is -1.69. The quantitative estimate of drug-likeness (QED) is 0.235. The molecule has 1 N–H and O–H groups in total. The normalized spacial score (nSPS) is 31.7. The zero-order chi connectivity index (χ0) is 29.0. The molecule has 0 aromatic carbocycles. The highest BCUT2D eigenvalue weighted by Crippen LogP contribution is 2.65. The van der Waals surface area contributed by atoms with Crippen LogP contribution in [-0.4, -0.2) is 93.6 Å². The van der Waals surface area contributed by atoms with E-state index in [0.717, 1.165) is 25.7 Å². The maximum Gasteiger partial charge on any atom is 0.248 e. The average Bonchev–Trinajstić information content (AvgIpc) is 3.41. The van der Waals surface area contributed by atoms with Crippen LogP contribution in [0.4, 0.5) is 0 Å². The van der Waals surface area contributed by atoms with Crippen LogP contribution in [0.15, 0.2) is 25.3 Å². The van der Waals surface area contributed by atoms with Crippen molar-refractivity contribution >= 4 is 17.7 Å². The van der Waals surface area contributed by atoms with Gasteiger partial charge in [-0.3, -0.25) is 14.4 Å². The number of hydrogen-bond acceptors (Lipinski definition) is 5. The number of aliphatic hydroxyl groups excluding tert-OH is 1. The van der Waals surface area contributed by atoms with Gasteiger partial charge in [0.1, 0.15) is 11.6 Å². The minimum absolute atomic E-state index is 0.00765. The maximum atomic E-state index is 14.5. The van der Waals surface area contributed by atoms with E-state index in [0.29, 0.717) is 45.4 Å². The van der Waals surface area contributed by atoms with Crippen LogP contribution >= 0.6 is 0 Å². The molecule has 39 heavy (non-hydrogen) atoms. The Labute approximate surface area is 235 Å². The van der Waals surface area contributed by atoms with Gasteiger partial charge in [0.2, 0.25) is 17.7 Å². The van der Waals surface area contributed by atoms with Crippen LogP contribution in [0.1, 0.15) is 79.6 Å². The van der Waals surface area contributed by atoms with Crippen LogP contribution in [-0.2, 0) is 19.1 Å². The third-order valence-corrected chi connectivity index (χ3v) is 9.37. The number of ether oxygens (including phenoxy) is 1. The van der Waals surface area contributed by atoms with E-state index in [-0.39, 0.29) is 36.3 Å². The molecule has 3 amide bonds. The molecule has 4 unspecified atom stereocenters. The molecule has 0 aromatic rings. The number of carbonyl (C=O) groups is 3. The minimum Gasteiger partial charge on any atom is -0.396 e. The van der Waals surface area contributed by atoms with Crippen LogP contribution in [0.25, 0.3) is 0 Å². The van der Waals surface area contributed by atoms with E-state index in [1.807, 2.05) is 25.7 Å². The first-order chi connectivity index (χ1) is 18.6. The lowest BCUT2D eigenvalue weighted by molar-refractivity contribution is -0.155. The number of fused-ring (bicyclic) bond motifs is 1. The topological polar surface area (TPSA) is 90.4 Å². The zero-order valence-corrected chi connectivity index (χ0v) is 24.9. The number of amides is 3. The smallest absolute Gasteiger partial charge is 0.248 e. The fourth-order valence-electron chi connectivity index (χ4n) is 7.48. The molecule has 8 nitrogen and oxygen atoms in total. The Morgan fingerprint density at radius 3 is 2.44 bits per heavy atom. The molecule has 2 bridgehead atoms. The van der Waals surface area contributed by atoms with Gasteiger partial charge in [0.05, 0.1) is 17.4 Å². The summed E-state index contributed by atoms with van der Waals surface area (Å²) in [6.07, 6.45) is 8.67. The number of unbranched alkanes of at least 4 members (excludes halogenated alkanes) is 2. The zero-order valence-electron chi connectivity index (χ0n) is 24.9. The van der Waals surface area contributed by atoms with Crippen molar-refractivity contribution in [1.82, 2.24) is 14.7 Å². The third kappa shape index (κ3) is 5.43. The fraction of sp³-hybridized carbons (Fsp3) is 0.774. The highest BCUT2D eigenvalue weighted by atomic mass is 16.5. The van der Waals surface area contributed by atoms with E-state index in [4.69, 9.17) is 4.74 Å². The molecule has 0 aromatic heterocycles. The predicted octanol–water partition coefficient (Wildman–Crippen LogP) is 3.79. The molecule has 3 aliphatic heterocycles. The van der Waals surface area contributed by atoms with Crippen LogP contribution in [0.3, 0.4) is 0 Å². The Morgan fingerprint density at radius 1 is 1.15 bits per heavy atom. The molecule has 0 saturated carbocycles. The fourth-order valence-corrected chi connectivity index (χ4v) is 7.48. The van der Waals surface area contributed by atoms with Gasteiger partial charge >= 0.3 is 0 Å². The maximum absolute atomic E-state index is 14.5. The SMILES string of the molecule is C=CCN(CCC)C(=O)[C@@H]1[C@H]2C(=O)N(CCCCCO)C(C(=O)N(CC=C)C(C)CCC)C23CC(C)[C@@]1(C)O3. The Hall–Kier alpha value is -2.19. The second-order valence-electron chi connectivity index (χ2n) is 12.0. The molecule has 3 saturated heterocycles. The van der Waals surface area contributed by atoms with Gasteiger partial charge in [-0.1, -0.05) is 39.3 Å². The molecule has 3 rings (SSSR count). The molecule has 8 heteroatoms. The van der Waals surface area contributed by atoms with Crippen molar-refractivity contribution in [2.45, 2.75) is 103 Å². The molecule has 220 valence electrons. The van der Waals surface area contributed by atoms with E-state index in [9.17, 15) is 19.5 Å². The van der Waals surface area contributed by atoms with Gasteiger partial charge in [-0.2, -0.15) is 0 Å². The summed E-state index contributed by atoms with van der Waals surface area (Å²) >= 11 is 0. The van der Waals surface area contributed by atoms with Gasteiger partial charge < -0.3 is 24.5 Å². The molecule has 0 aliphatic carbocycles. The lowest BCUT2D eigenvalue weighted by Crippen LogP contribution is -2.58. The molecule has 0 radical (unpaired) electrons. The van der Waals surface area contributed by atoms with Gasteiger partial charge in [-0.15, -0.1) is 13.2 Å². The summed E-state index contributed by atoms with van der Waals surface area (Å²) in [7, 11) is 0. The first-order valence-corrected chi connectivity index (χ1v) is 15.0. The monoisotopic (exact) mass is 545 g/mol. The second kappa shape index (κ2) is 13.0. The van der Waals surface area contributed by atoms with Crippen molar-refractivity contribution in [2.24, 2.45) is 17.8 Å². The van der Waals surface area contributed by atoms with E-state index < -0.39 is 29.1 Å². The van der Waals surface area contributed by atoms with E-state index >= 15 is 0 Å². The van der Waals surface area contributed by atoms with Crippen LogP contribution in [0, 0.1) is 17.8 Å². The van der Waals surface area contributed by atoms with Crippen molar-refractivity contribution in [2.75, 3.05) is 32.8 Å². The standard InChI is InChI=1S/C31H51N3O5/c1-8-15-23(6)33(18-11-4)29(38)26-31-21-22(5)30(7,39-31)24(27(36)32(16-9-2)17-10-3)25(31)28(37)34(26)19-13-12-14-20-35/h9,11,22-26,35H,2,4,8,10,12-21H2,1,3,5-7H3/t22?,23?,24-,25-,26?,30+,31?/m0/s1. The van der Waals surface area contributed by atoms with Crippen molar-refractivity contribution in [3.05, 3.63) is 25.3 Å². The molecule has 3 aliphatic rings. The molecule has 7 atom stereocenters. The lowest BCUT2D eigenvalue weighted by atomic mass is 9.62. The Bertz CT molecular complexity index is 924. The van der Waals surface area contributed by atoms with Crippen molar-refractivity contribution < 1.29 is 24.2 Å². The summed E-state index contributed by atoms with van der Waals surface area (Å²) in [6.45, 7) is 19.8. The highest BCUT2D eigenvalue weighted by Gasteiger charge is 2.80. The van der Waals surface area contributed by atoms with Gasteiger partial charge in [0.15, 0.2) is 0 Å². The molecular weight excluding hydrogens is 494 g/mol. The summed E-state index contributed by atoms with van der Waals surface area (Å²) in [6, 6.07) is -0.802. The largest absolute Gasteiger partial charge is 0.396 e. The number of likely N-dealkylation sites (tertiary alicyclic amines) is 1. The third-order valence-electron chi connectivity index (χ3n) is 9.37. The van der Waals surface area contributed by atoms with Crippen LogP contribution in [0.2, 0.25) is 0 Å². The minimum atomic E-state index is -1.04. The molecule has 1 spiro atoms. The van der Waals surface area contributed by atoms with E-state index in [1.54, 1.807) is 22.0 Å². The predicted molar refractivity (Wildman–Crippen MR) is 153 cm³/mol. The van der Waals surface area contributed by atoms with E-state index in [2.05, 4.69) is 27.0 Å². The summed E-state index contributed by atoms with van der Waals surface area (Å²) in [4.78, 5) is 48.3. The number of carbonyl (C=O) groups excluding carboxylic acids is 3. The van der Waals surface area contributed by atoms with Gasteiger partial charge in [-0.25, -0.2) is 0 Å². The first kappa shape index (κ1) is 31.3. The molecular formula is C31H51N3O5. The summed E-state index contributed by atoms with van der Waals surface area (Å²) in [5.41, 5.74) is -1.87. The Balaban J connectivity index is 2.10. The molecule has 3 heterocycles. The summed E-state index contributed by atoms with van der Waals surface area (Å²) in [5, 5.41) is 9.28. The van der Waals surface area contributed by atoms with Crippen LogP contribution < -0.4 is 0 Å². The second-order valence-corrected chi connectivity index (χ2v) is 12.0. The number of rotatable bonds is 16. The number of aliphatic hydroxyl groups is 1. The van der Waals surface area contributed by atoms with Gasteiger partial charge in [-0.05, 0) is 58.3 Å². The highest BCUT2D eigenvalue weighted by molar-refractivity contribution is 5.99. The number of nitrogens with zero attached hydrogens (tertiary/aromatic N) is 3. The average molecular weight is 546 g/mol.